The molecule has 1 N–H and O–H groups in total. The predicted octanol–water partition coefficient (Wildman–Crippen LogP) is 2.43. The van der Waals surface area contributed by atoms with Crippen LogP contribution in [0.1, 0.15) is 18.1 Å². The van der Waals surface area contributed by atoms with Crippen LogP contribution in [-0.2, 0) is 6.61 Å². The molecule has 1 aliphatic rings. The van der Waals surface area contributed by atoms with Crippen LogP contribution in [-0.4, -0.2) is 29.2 Å². The van der Waals surface area contributed by atoms with E-state index in [0.717, 1.165) is 12.1 Å². The zero-order chi connectivity index (χ0) is 11.5. The van der Waals surface area contributed by atoms with E-state index in [-0.39, 0.29) is 6.61 Å². The highest BCUT2D eigenvalue weighted by Gasteiger charge is 2.20. The molecule has 1 fully saturated rings. The largest absolute Gasteiger partial charge is 0.392 e. The molecule has 0 spiro atoms. The van der Waals surface area contributed by atoms with Crippen LogP contribution in [0.3, 0.4) is 0 Å². The minimum Gasteiger partial charge on any atom is -0.392 e. The molecule has 0 radical (unpaired) electrons. The van der Waals surface area contributed by atoms with Crippen molar-refractivity contribution in [2.24, 2.45) is 0 Å². The maximum absolute atomic E-state index is 9.43. The molecule has 2 rings (SSSR count). The van der Waals surface area contributed by atoms with E-state index in [1.807, 2.05) is 11.8 Å². The molecule has 0 saturated carbocycles. The van der Waals surface area contributed by atoms with Gasteiger partial charge in [-0.15, -0.1) is 0 Å². The summed E-state index contributed by atoms with van der Waals surface area (Å²) >= 11 is 2.01. The first-order chi connectivity index (χ1) is 7.72. The van der Waals surface area contributed by atoms with Gasteiger partial charge in [0.05, 0.1) is 6.61 Å². The first kappa shape index (κ1) is 11.8. The van der Waals surface area contributed by atoms with Crippen LogP contribution in [0.25, 0.3) is 0 Å². The van der Waals surface area contributed by atoms with Crippen molar-refractivity contribution in [1.29, 1.82) is 0 Å². The second-order valence-electron chi connectivity index (χ2n) is 4.41. The third kappa shape index (κ3) is 2.36. The monoisotopic (exact) mass is 237 g/mol. The Morgan fingerprint density at radius 1 is 1.50 bits per heavy atom. The molecule has 0 bridgehead atoms. The van der Waals surface area contributed by atoms with Crippen LogP contribution in [0.2, 0.25) is 0 Å². The number of hydrogen-bond donors (Lipinski definition) is 1. The predicted molar refractivity (Wildman–Crippen MR) is 71.2 cm³/mol. The number of thioether (sulfide) groups is 1. The summed E-state index contributed by atoms with van der Waals surface area (Å²) in [4.78, 5) is 2.42. The standard InChI is InChI=1S/C13H19NOS/c1-10-3-4-13(12(7-10)8-15)14-5-6-16-9-11(14)2/h3-4,7,11,15H,5-6,8-9H2,1-2H3. The fraction of sp³-hybridized carbons (Fsp3) is 0.538. The zero-order valence-corrected chi connectivity index (χ0v) is 10.8. The van der Waals surface area contributed by atoms with E-state index in [0.29, 0.717) is 6.04 Å². The second-order valence-corrected chi connectivity index (χ2v) is 5.56. The van der Waals surface area contributed by atoms with E-state index in [4.69, 9.17) is 0 Å². The van der Waals surface area contributed by atoms with Crippen molar-refractivity contribution in [2.45, 2.75) is 26.5 Å². The van der Waals surface area contributed by atoms with Gasteiger partial charge < -0.3 is 10.0 Å². The van der Waals surface area contributed by atoms with E-state index in [9.17, 15) is 5.11 Å². The van der Waals surface area contributed by atoms with E-state index in [1.54, 1.807) is 0 Å². The smallest absolute Gasteiger partial charge is 0.0702 e. The van der Waals surface area contributed by atoms with Crippen molar-refractivity contribution < 1.29 is 5.11 Å². The average molecular weight is 237 g/mol. The van der Waals surface area contributed by atoms with Crippen molar-refractivity contribution in [3.63, 3.8) is 0 Å². The van der Waals surface area contributed by atoms with Crippen molar-refractivity contribution >= 4 is 17.4 Å². The molecule has 0 aliphatic carbocycles. The molecule has 1 aromatic rings. The number of aliphatic hydroxyl groups excluding tert-OH is 1. The molecule has 16 heavy (non-hydrogen) atoms. The van der Waals surface area contributed by atoms with Crippen molar-refractivity contribution in [2.75, 3.05) is 23.0 Å². The van der Waals surface area contributed by atoms with Crippen LogP contribution in [0.5, 0.6) is 0 Å². The lowest BCUT2D eigenvalue weighted by Crippen LogP contribution is -2.40. The highest BCUT2D eigenvalue weighted by molar-refractivity contribution is 7.99. The topological polar surface area (TPSA) is 23.5 Å². The van der Waals surface area contributed by atoms with E-state index < -0.39 is 0 Å². The van der Waals surface area contributed by atoms with Gasteiger partial charge in [-0.2, -0.15) is 11.8 Å². The molecule has 1 saturated heterocycles. The quantitative estimate of drug-likeness (QED) is 0.854. The summed E-state index contributed by atoms with van der Waals surface area (Å²) in [5, 5.41) is 9.43. The summed E-state index contributed by atoms with van der Waals surface area (Å²) < 4.78 is 0. The summed E-state index contributed by atoms with van der Waals surface area (Å²) in [6.07, 6.45) is 0. The number of benzene rings is 1. The molecular weight excluding hydrogens is 218 g/mol. The number of aliphatic hydroxyl groups is 1. The van der Waals surface area contributed by atoms with Crippen molar-refractivity contribution in [1.82, 2.24) is 0 Å². The van der Waals surface area contributed by atoms with Gasteiger partial charge >= 0.3 is 0 Å². The van der Waals surface area contributed by atoms with E-state index in [1.165, 1.54) is 22.8 Å². The summed E-state index contributed by atoms with van der Waals surface area (Å²) in [5.41, 5.74) is 3.48. The van der Waals surface area contributed by atoms with Crippen LogP contribution in [0.4, 0.5) is 5.69 Å². The minimum atomic E-state index is 0.132. The van der Waals surface area contributed by atoms with Gasteiger partial charge in [0.25, 0.3) is 0 Å². The minimum absolute atomic E-state index is 0.132. The Kier molecular flexibility index (Phi) is 3.77. The van der Waals surface area contributed by atoms with E-state index in [2.05, 4.69) is 36.9 Å². The Bertz CT molecular complexity index is 367. The molecule has 1 aliphatic heterocycles. The van der Waals surface area contributed by atoms with Crippen LogP contribution in [0.15, 0.2) is 18.2 Å². The number of aryl methyl sites for hydroxylation is 1. The molecule has 1 heterocycles. The van der Waals surface area contributed by atoms with Crippen molar-refractivity contribution in [3.8, 4) is 0 Å². The molecule has 0 aromatic heterocycles. The fourth-order valence-electron chi connectivity index (χ4n) is 2.21. The molecule has 1 atom stereocenters. The van der Waals surface area contributed by atoms with Crippen LogP contribution in [0, 0.1) is 6.92 Å². The fourth-order valence-corrected chi connectivity index (χ4v) is 3.22. The Labute approximate surface area is 102 Å². The number of hydrogen-bond acceptors (Lipinski definition) is 3. The van der Waals surface area contributed by atoms with Gasteiger partial charge in [-0.25, -0.2) is 0 Å². The lowest BCUT2D eigenvalue weighted by molar-refractivity contribution is 0.282. The van der Waals surface area contributed by atoms with E-state index >= 15 is 0 Å². The molecular formula is C13H19NOS. The number of rotatable bonds is 2. The van der Waals surface area contributed by atoms with Crippen LogP contribution < -0.4 is 4.90 Å². The Balaban J connectivity index is 2.30. The van der Waals surface area contributed by atoms with Gasteiger partial charge in [-0.05, 0) is 19.9 Å². The first-order valence-electron chi connectivity index (χ1n) is 5.77. The third-order valence-electron chi connectivity index (χ3n) is 3.08. The Morgan fingerprint density at radius 3 is 3.00 bits per heavy atom. The maximum atomic E-state index is 9.43. The normalized spacial score (nSPS) is 21.2. The van der Waals surface area contributed by atoms with Gasteiger partial charge in [0.2, 0.25) is 0 Å². The van der Waals surface area contributed by atoms with Gasteiger partial charge in [-0.1, -0.05) is 17.7 Å². The van der Waals surface area contributed by atoms with Gasteiger partial charge in [0.15, 0.2) is 0 Å². The lowest BCUT2D eigenvalue weighted by atomic mass is 10.1. The van der Waals surface area contributed by atoms with Crippen LogP contribution >= 0.6 is 11.8 Å². The van der Waals surface area contributed by atoms with Crippen molar-refractivity contribution in [3.05, 3.63) is 29.3 Å². The summed E-state index contributed by atoms with van der Waals surface area (Å²) in [6, 6.07) is 6.92. The zero-order valence-electron chi connectivity index (χ0n) is 9.94. The molecule has 88 valence electrons. The van der Waals surface area contributed by atoms with Gasteiger partial charge in [0.1, 0.15) is 0 Å². The number of nitrogens with zero attached hydrogens (tertiary/aromatic N) is 1. The third-order valence-corrected chi connectivity index (χ3v) is 4.27. The average Bonchev–Trinajstić information content (AvgIpc) is 2.30. The Hall–Kier alpha value is -0.670. The molecule has 0 amide bonds. The maximum Gasteiger partial charge on any atom is 0.0702 e. The van der Waals surface area contributed by atoms with Gasteiger partial charge in [0, 0.05) is 35.3 Å². The molecule has 1 aromatic carbocycles. The lowest BCUT2D eigenvalue weighted by Gasteiger charge is -2.36. The first-order valence-corrected chi connectivity index (χ1v) is 6.92. The summed E-state index contributed by atoms with van der Waals surface area (Å²) in [5.74, 6) is 2.36. The second kappa shape index (κ2) is 5.11. The summed E-state index contributed by atoms with van der Waals surface area (Å²) in [6.45, 7) is 5.54. The van der Waals surface area contributed by atoms with Gasteiger partial charge in [-0.3, -0.25) is 0 Å². The highest BCUT2D eigenvalue weighted by Crippen LogP contribution is 2.28. The SMILES string of the molecule is Cc1ccc(N2CCSCC2C)c(CO)c1. The Morgan fingerprint density at radius 2 is 2.31 bits per heavy atom. The molecule has 3 heteroatoms. The molecule has 2 nitrogen and oxygen atoms in total. The molecule has 1 unspecified atom stereocenters. The summed E-state index contributed by atoms with van der Waals surface area (Å²) in [7, 11) is 0. The highest BCUT2D eigenvalue weighted by atomic mass is 32.2. The number of anilines is 1.